The number of carbonyl (C=O) groups is 1. The van der Waals surface area contributed by atoms with Gasteiger partial charge in [-0.1, -0.05) is 52.5 Å². The Morgan fingerprint density at radius 1 is 1.08 bits per heavy atom. The number of alkyl halides is 3. The van der Waals surface area contributed by atoms with Crippen molar-refractivity contribution in [3.8, 4) is 5.75 Å². The topological polar surface area (TPSA) is 50.4 Å². The van der Waals surface area contributed by atoms with Crippen LogP contribution in [-0.2, 0) is 0 Å². The molecule has 2 aromatic carbocycles. The van der Waals surface area contributed by atoms with Crippen molar-refractivity contribution in [2.45, 2.75) is 21.8 Å². The molecule has 1 amide bonds. The van der Waals surface area contributed by atoms with Gasteiger partial charge in [-0.3, -0.25) is 4.79 Å². The molecule has 0 saturated heterocycles. The molecule has 1 atom stereocenters. The van der Waals surface area contributed by atoms with Crippen LogP contribution in [0.4, 0.5) is 0 Å². The number of nitrogens with one attached hydrogen (secondary N) is 2. The summed E-state index contributed by atoms with van der Waals surface area (Å²) in [7, 11) is 1.56. The predicted molar refractivity (Wildman–Crippen MR) is 105 cm³/mol. The number of hydrogen-bond donors (Lipinski definition) is 2. The molecule has 0 radical (unpaired) electrons. The van der Waals surface area contributed by atoms with E-state index in [0.717, 1.165) is 10.5 Å². The molecule has 2 rings (SSSR count). The molecule has 1 unspecified atom stereocenters. The van der Waals surface area contributed by atoms with Crippen molar-refractivity contribution in [2.24, 2.45) is 0 Å². The minimum Gasteiger partial charge on any atom is -0.497 e. The molecule has 0 bridgehead atoms. The number of rotatable bonds is 6. The molecule has 0 heterocycles. The van der Waals surface area contributed by atoms with E-state index in [1.165, 1.54) is 11.9 Å². The van der Waals surface area contributed by atoms with Crippen molar-refractivity contribution in [2.75, 3.05) is 7.11 Å². The lowest BCUT2D eigenvalue weighted by molar-refractivity contribution is 0.0935. The number of carbonyl (C=O) groups excluding carboxylic acids is 1. The van der Waals surface area contributed by atoms with Gasteiger partial charge in [0.15, 0.2) is 0 Å². The molecule has 0 aliphatic heterocycles. The van der Waals surface area contributed by atoms with E-state index in [9.17, 15) is 4.79 Å². The van der Waals surface area contributed by atoms with E-state index in [1.54, 1.807) is 31.4 Å². The quantitative estimate of drug-likeness (QED) is 0.404. The summed E-state index contributed by atoms with van der Waals surface area (Å²) in [6.45, 7) is 2.00. The lowest BCUT2D eigenvalue weighted by Crippen LogP contribution is -2.51. The summed E-state index contributed by atoms with van der Waals surface area (Å²) in [5, 5.41) is 2.68. The summed E-state index contributed by atoms with van der Waals surface area (Å²) < 4.78 is 6.33. The van der Waals surface area contributed by atoms with Crippen LogP contribution in [0.1, 0.15) is 15.9 Å². The van der Waals surface area contributed by atoms with E-state index < -0.39 is 9.96 Å². The van der Waals surface area contributed by atoms with Crippen LogP contribution in [0, 0.1) is 6.92 Å². The maximum Gasteiger partial charge on any atom is 0.252 e. The first-order chi connectivity index (χ1) is 11.8. The number of hydrogen-bond acceptors (Lipinski definition) is 4. The van der Waals surface area contributed by atoms with Crippen molar-refractivity contribution in [3.63, 3.8) is 0 Å². The average molecular weight is 420 g/mol. The number of ether oxygens (including phenoxy) is 1. The van der Waals surface area contributed by atoms with Crippen LogP contribution >= 0.6 is 46.8 Å². The highest BCUT2D eigenvalue weighted by Crippen LogP contribution is 2.31. The van der Waals surface area contributed by atoms with Crippen LogP contribution in [-0.4, -0.2) is 23.0 Å². The minimum atomic E-state index is -1.72. The van der Waals surface area contributed by atoms with Crippen LogP contribution < -0.4 is 14.8 Å². The van der Waals surface area contributed by atoms with Crippen molar-refractivity contribution in [1.29, 1.82) is 0 Å². The van der Waals surface area contributed by atoms with Gasteiger partial charge in [0, 0.05) is 10.5 Å². The lowest BCUT2D eigenvalue weighted by Gasteiger charge is -2.26. The van der Waals surface area contributed by atoms with Gasteiger partial charge in [0.2, 0.25) is 3.79 Å². The second-order valence-electron chi connectivity index (χ2n) is 5.21. The summed E-state index contributed by atoms with van der Waals surface area (Å²) in [6, 6.07) is 14.5. The third kappa shape index (κ3) is 6.28. The van der Waals surface area contributed by atoms with Crippen LogP contribution in [0.3, 0.4) is 0 Å². The molecule has 0 fully saturated rings. The predicted octanol–water partition coefficient (Wildman–Crippen LogP) is 4.73. The van der Waals surface area contributed by atoms with E-state index >= 15 is 0 Å². The highest BCUT2D eigenvalue weighted by Gasteiger charge is 2.34. The Hall–Kier alpha value is -1.11. The average Bonchev–Trinajstić information content (AvgIpc) is 2.59. The van der Waals surface area contributed by atoms with Gasteiger partial charge in [-0.25, -0.2) is 4.72 Å². The van der Waals surface area contributed by atoms with Gasteiger partial charge in [0.05, 0.1) is 7.11 Å². The molecule has 0 spiro atoms. The fourth-order valence-corrected chi connectivity index (χ4v) is 3.15. The van der Waals surface area contributed by atoms with Gasteiger partial charge in [-0.15, -0.1) is 0 Å². The van der Waals surface area contributed by atoms with Gasteiger partial charge < -0.3 is 10.1 Å². The number of amides is 1. The minimum absolute atomic E-state index is 0.365. The Bertz CT molecular complexity index is 703. The van der Waals surface area contributed by atoms with Crippen LogP contribution in [0.5, 0.6) is 5.75 Å². The Morgan fingerprint density at radius 2 is 1.68 bits per heavy atom. The normalized spacial score (nSPS) is 12.5. The van der Waals surface area contributed by atoms with Crippen LogP contribution in [0.25, 0.3) is 0 Å². The van der Waals surface area contributed by atoms with Crippen LogP contribution in [0.15, 0.2) is 53.4 Å². The zero-order chi connectivity index (χ0) is 18.4. The Labute approximate surface area is 166 Å². The molecule has 0 aliphatic carbocycles. The summed E-state index contributed by atoms with van der Waals surface area (Å²) in [6.07, 6.45) is -0.890. The molecule has 134 valence electrons. The van der Waals surface area contributed by atoms with E-state index in [-0.39, 0.29) is 5.91 Å². The van der Waals surface area contributed by atoms with Crippen molar-refractivity contribution in [3.05, 3.63) is 59.7 Å². The molecule has 2 N–H and O–H groups in total. The molecule has 2 aromatic rings. The van der Waals surface area contributed by atoms with E-state index in [2.05, 4.69) is 10.0 Å². The summed E-state index contributed by atoms with van der Waals surface area (Å²) in [4.78, 5) is 13.3. The molecular weight excluding hydrogens is 403 g/mol. The monoisotopic (exact) mass is 418 g/mol. The molecule has 4 nitrogen and oxygen atoms in total. The molecule has 0 aliphatic rings. The Balaban J connectivity index is 2.03. The fourth-order valence-electron chi connectivity index (χ4n) is 1.87. The first-order valence-corrected chi connectivity index (χ1v) is 9.25. The summed E-state index contributed by atoms with van der Waals surface area (Å²) in [5.41, 5.74) is 1.58. The summed E-state index contributed by atoms with van der Waals surface area (Å²) in [5.74, 6) is 0.290. The number of methoxy groups -OCH3 is 1. The third-order valence-electron chi connectivity index (χ3n) is 3.27. The van der Waals surface area contributed by atoms with Crippen molar-refractivity contribution < 1.29 is 9.53 Å². The fraction of sp³-hybridized carbons (Fsp3) is 0.235. The van der Waals surface area contributed by atoms with Gasteiger partial charge in [0.1, 0.15) is 11.9 Å². The maximum atomic E-state index is 12.4. The van der Waals surface area contributed by atoms with E-state index in [1.807, 2.05) is 31.2 Å². The standard InChI is InChI=1S/C17H17Cl3N2O2S/c1-11-3-9-14(10-4-11)25-22-16(17(18,19)20)21-15(23)12-5-7-13(24-2)8-6-12/h3-10,16,22H,1-2H3,(H,21,23). The van der Waals surface area contributed by atoms with E-state index in [0.29, 0.717) is 11.3 Å². The van der Waals surface area contributed by atoms with Crippen LogP contribution in [0.2, 0.25) is 0 Å². The Kier molecular flexibility index (Phi) is 7.28. The highest BCUT2D eigenvalue weighted by atomic mass is 35.6. The smallest absolute Gasteiger partial charge is 0.252 e. The van der Waals surface area contributed by atoms with Crippen molar-refractivity contribution >= 4 is 52.7 Å². The van der Waals surface area contributed by atoms with Gasteiger partial charge >= 0.3 is 0 Å². The first kappa shape index (κ1) is 20.2. The molecule has 0 saturated carbocycles. The summed E-state index contributed by atoms with van der Waals surface area (Å²) >= 11 is 19.2. The second kappa shape index (κ2) is 9.01. The first-order valence-electron chi connectivity index (χ1n) is 7.30. The maximum absolute atomic E-state index is 12.4. The molecule has 0 aromatic heterocycles. The number of aryl methyl sites for hydroxylation is 1. The number of benzene rings is 2. The lowest BCUT2D eigenvalue weighted by atomic mass is 10.2. The number of halogens is 3. The third-order valence-corrected chi connectivity index (χ3v) is 4.79. The molecule has 25 heavy (non-hydrogen) atoms. The molecular formula is C17H17Cl3N2O2S. The van der Waals surface area contributed by atoms with E-state index in [4.69, 9.17) is 39.5 Å². The second-order valence-corrected chi connectivity index (χ2v) is 8.49. The van der Waals surface area contributed by atoms with Crippen molar-refractivity contribution in [1.82, 2.24) is 10.0 Å². The zero-order valence-corrected chi connectivity index (χ0v) is 16.6. The SMILES string of the molecule is COc1ccc(C(=O)NC(NSc2ccc(C)cc2)C(Cl)(Cl)Cl)cc1. The molecule has 8 heteroatoms. The zero-order valence-electron chi connectivity index (χ0n) is 13.6. The largest absolute Gasteiger partial charge is 0.497 e. The van der Waals surface area contributed by atoms with Gasteiger partial charge in [-0.05, 0) is 55.3 Å². The highest BCUT2D eigenvalue weighted by molar-refractivity contribution is 7.97. The van der Waals surface area contributed by atoms with Gasteiger partial charge in [-0.2, -0.15) is 0 Å². The Morgan fingerprint density at radius 3 is 2.20 bits per heavy atom. The van der Waals surface area contributed by atoms with Gasteiger partial charge in [0.25, 0.3) is 5.91 Å².